The van der Waals surface area contributed by atoms with Crippen LogP contribution in [0.25, 0.3) is 5.41 Å². The summed E-state index contributed by atoms with van der Waals surface area (Å²) in [5.74, 6) is -0.273. The average Bonchev–Trinajstić information content (AvgIpc) is 2.87. The number of alkyl carbamates (subject to hydrolysis) is 1. The van der Waals surface area contributed by atoms with Gasteiger partial charge in [0.05, 0.1) is 13.7 Å². The summed E-state index contributed by atoms with van der Waals surface area (Å²) in [7, 11) is 1.19. The summed E-state index contributed by atoms with van der Waals surface area (Å²) in [6, 6.07) is 3.03. The topological polar surface area (TPSA) is 128 Å². The summed E-state index contributed by atoms with van der Waals surface area (Å²) >= 11 is 0. The van der Waals surface area contributed by atoms with Crippen LogP contribution in [-0.2, 0) is 20.7 Å². The van der Waals surface area contributed by atoms with Crippen LogP contribution in [0.5, 0.6) is 5.75 Å². The number of amidine groups is 1. The van der Waals surface area contributed by atoms with E-state index in [0.29, 0.717) is 37.3 Å². The number of halogens is 1. The lowest BCUT2D eigenvalue weighted by molar-refractivity contribution is -0.143. The molecule has 2 rings (SSSR count). The molecule has 2 atom stereocenters. The molecule has 40 heavy (non-hydrogen) atoms. The number of urea groups is 1. The van der Waals surface area contributed by atoms with Gasteiger partial charge in [0.2, 0.25) is 6.03 Å². The molecule has 2 N–H and O–H groups in total. The smallest absolute Gasteiger partial charge is 0.408 e. The van der Waals surface area contributed by atoms with Crippen molar-refractivity contribution in [2.24, 2.45) is 17.8 Å². The van der Waals surface area contributed by atoms with Crippen molar-refractivity contribution in [3.8, 4) is 5.75 Å². The monoisotopic (exact) mass is 563 g/mol. The highest BCUT2D eigenvalue weighted by Gasteiger charge is 2.27. The SMILES string of the molecule is COC(=O)[C@H](Cc1ccc(OCC[C@@H](C)C2CCN(C(=O)NC(=[N-])C(C)C)CC2)cc1F)NC(=O)OC(C)(C)C. The number of carbonyl (C=O) groups is 3. The number of piperidine rings is 1. The van der Waals surface area contributed by atoms with Crippen molar-refractivity contribution in [3.63, 3.8) is 0 Å². The van der Waals surface area contributed by atoms with Crippen molar-refractivity contribution >= 4 is 23.9 Å². The maximum Gasteiger partial charge on any atom is 0.408 e. The van der Waals surface area contributed by atoms with E-state index in [1.165, 1.54) is 19.2 Å². The second-order valence-corrected chi connectivity index (χ2v) is 11.6. The molecule has 1 aromatic rings. The summed E-state index contributed by atoms with van der Waals surface area (Å²) in [6.45, 7) is 12.5. The van der Waals surface area contributed by atoms with Gasteiger partial charge in [0.25, 0.3) is 0 Å². The Labute approximate surface area is 236 Å². The summed E-state index contributed by atoms with van der Waals surface area (Å²) in [5.41, 5.74) is -0.528. The zero-order valence-corrected chi connectivity index (χ0v) is 24.7. The number of amides is 3. The molecule has 0 bridgehead atoms. The molecule has 0 aromatic heterocycles. The van der Waals surface area contributed by atoms with Gasteiger partial charge in [0.1, 0.15) is 23.2 Å². The van der Waals surface area contributed by atoms with Gasteiger partial charge in [0, 0.05) is 25.6 Å². The third-order valence-electron chi connectivity index (χ3n) is 6.88. The van der Waals surface area contributed by atoms with E-state index in [9.17, 15) is 24.2 Å². The first-order valence-corrected chi connectivity index (χ1v) is 13.8. The number of carbonyl (C=O) groups excluding carboxylic acids is 3. The van der Waals surface area contributed by atoms with Crippen LogP contribution in [0, 0.1) is 23.6 Å². The number of hydrogen-bond acceptors (Lipinski definition) is 6. The molecule has 1 heterocycles. The van der Waals surface area contributed by atoms with Crippen LogP contribution < -0.4 is 15.4 Å². The lowest BCUT2D eigenvalue weighted by atomic mass is 9.84. The Hall–Kier alpha value is -3.37. The van der Waals surface area contributed by atoms with Crippen molar-refractivity contribution < 1.29 is 33.0 Å². The maximum atomic E-state index is 14.9. The second-order valence-electron chi connectivity index (χ2n) is 11.6. The number of benzene rings is 1. The van der Waals surface area contributed by atoms with Crippen molar-refractivity contribution in [1.29, 1.82) is 0 Å². The van der Waals surface area contributed by atoms with E-state index in [1.807, 2.05) is 0 Å². The van der Waals surface area contributed by atoms with E-state index in [-0.39, 0.29) is 29.8 Å². The fraction of sp³-hybridized carbons (Fsp3) is 0.655. The predicted molar refractivity (Wildman–Crippen MR) is 151 cm³/mol. The Morgan fingerprint density at radius 3 is 2.35 bits per heavy atom. The van der Waals surface area contributed by atoms with Gasteiger partial charge in [-0.2, -0.15) is 0 Å². The first kappa shape index (κ1) is 32.8. The quantitative estimate of drug-likeness (QED) is 0.237. The zero-order valence-electron chi connectivity index (χ0n) is 24.7. The number of esters is 1. The standard InChI is InChI=1S/C29H44FN4O6/c1-18(2)25(31)33-27(36)34-13-10-20(11-14-34)19(3)12-15-39-22-9-8-21(23(30)17-22)16-24(26(35)38-7)32-28(37)40-29(4,5)6/h8-9,17-20,24H,10-16H2,1-7H3,(H2-,31,32,33,36,37)/q-1/t19-,24+/m1/s1. The van der Waals surface area contributed by atoms with Gasteiger partial charge in [-0.15, -0.1) is 0 Å². The number of ether oxygens (including phenoxy) is 3. The van der Waals surface area contributed by atoms with Crippen molar-refractivity contribution in [3.05, 3.63) is 35.0 Å². The van der Waals surface area contributed by atoms with Crippen LogP contribution in [-0.4, -0.2) is 67.3 Å². The van der Waals surface area contributed by atoms with Gasteiger partial charge in [-0.05, 0) is 69.4 Å². The number of hydrogen-bond donors (Lipinski definition) is 2. The molecule has 0 aliphatic carbocycles. The third-order valence-corrected chi connectivity index (χ3v) is 6.88. The van der Waals surface area contributed by atoms with E-state index in [4.69, 9.17) is 14.2 Å². The fourth-order valence-corrected chi connectivity index (χ4v) is 4.39. The van der Waals surface area contributed by atoms with Gasteiger partial charge in [0.15, 0.2) is 0 Å². The molecular weight excluding hydrogens is 519 g/mol. The van der Waals surface area contributed by atoms with Crippen molar-refractivity contribution in [2.45, 2.75) is 78.9 Å². The third kappa shape index (κ3) is 10.7. The molecule has 11 heteroatoms. The average molecular weight is 564 g/mol. The fourth-order valence-electron chi connectivity index (χ4n) is 4.39. The van der Waals surface area contributed by atoms with E-state index < -0.39 is 29.5 Å². The minimum absolute atomic E-state index is 0.0251. The lowest BCUT2D eigenvalue weighted by Gasteiger charge is -2.37. The van der Waals surface area contributed by atoms with Crippen LogP contribution in [0.3, 0.4) is 0 Å². The normalized spacial score (nSPS) is 15.7. The molecule has 1 saturated heterocycles. The molecule has 3 amide bonds. The van der Waals surface area contributed by atoms with Crippen molar-refractivity contribution in [1.82, 2.24) is 15.5 Å². The minimum atomic E-state index is -1.11. The Morgan fingerprint density at radius 1 is 1.15 bits per heavy atom. The van der Waals surface area contributed by atoms with Crippen molar-refractivity contribution in [2.75, 3.05) is 26.8 Å². The minimum Gasteiger partial charge on any atom is -0.493 e. The van der Waals surface area contributed by atoms with E-state index in [0.717, 1.165) is 19.3 Å². The highest BCUT2D eigenvalue weighted by atomic mass is 19.1. The molecule has 1 aromatic carbocycles. The Kier molecular flexibility index (Phi) is 12.2. The number of rotatable bonds is 10. The van der Waals surface area contributed by atoms with Crippen LogP contribution in [0.4, 0.5) is 14.0 Å². The van der Waals surface area contributed by atoms with Gasteiger partial charge < -0.3 is 35.2 Å². The molecule has 0 unspecified atom stereocenters. The number of nitrogens with one attached hydrogen (secondary N) is 2. The molecule has 1 fully saturated rings. The number of methoxy groups -OCH3 is 1. The second kappa shape index (κ2) is 14.9. The Bertz CT molecular complexity index is 1030. The summed E-state index contributed by atoms with van der Waals surface area (Å²) in [5, 5.41) is 14.8. The van der Waals surface area contributed by atoms with Gasteiger partial charge >= 0.3 is 12.1 Å². The summed E-state index contributed by atoms with van der Waals surface area (Å²) in [6.07, 6.45) is 1.58. The summed E-state index contributed by atoms with van der Waals surface area (Å²) in [4.78, 5) is 38.3. The van der Waals surface area contributed by atoms with Gasteiger partial charge in [-0.25, -0.2) is 14.0 Å². The predicted octanol–water partition coefficient (Wildman–Crippen LogP) is 4.89. The van der Waals surface area contributed by atoms with Crippen LogP contribution in [0.2, 0.25) is 0 Å². The molecule has 224 valence electrons. The highest BCUT2D eigenvalue weighted by molar-refractivity contribution is 6.00. The molecular formula is C29H44FN4O6-. The Morgan fingerprint density at radius 2 is 1.80 bits per heavy atom. The summed E-state index contributed by atoms with van der Waals surface area (Å²) < 4.78 is 30.6. The first-order chi connectivity index (χ1) is 18.7. The maximum absolute atomic E-state index is 14.9. The molecule has 0 radical (unpaired) electrons. The van der Waals surface area contributed by atoms with Crippen LogP contribution in [0.1, 0.15) is 66.4 Å². The number of nitrogens with zero attached hydrogens (tertiary/aromatic N) is 2. The molecule has 10 nitrogen and oxygen atoms in total. The Balaban J connectivity index is 1.84. The first-order valence-electron chi connectivity index (χ1n) is 13.8. The zero-order chi connectivity index (χ0) is 30.0. The van der Waals surface area contributed by atoms with E-state index >= 15 is 0 Å². The highest BCUT2D eigenvalue weighted by Crippen LogP contribution is 2.28. The van der Waals surface area contributed by atoms with E-state index in [2.05, 4.69) is 17.6 Å². The lowest BCUT2D eigenvalue weighted by Crippen LogP contribution is -2.47. The van der Waals surface area contributed by atoms with Gasteiger partial charge in [-0.3, -0.25) is 4.79 Å². The van der Waals surface area contributed by atoms with E-state index in [1.54, 1.807) is 45.6 Å². The number of likely N-dealkylation sites (tertiary alicyclic amines) is 1. The van der Waals surface area contributed by atoms with Gasteiger partial charge in [-0.1, -0.05) is 32.7 Å². The molecule has 1 aliphatic rings. The molecule has 0 saturated carbocycles. The molecule has 1 aliphatic heterocycles. The largest absolute Gasteiger partial charge is 0.493 e. The molecule has 0 spiro atoms. The van der Waals surface area contributed by atoms with Crippen LogP contribution >= 0.6 is 0 Å². The van der Waals surface area contributed by atoms with Crippen LogP contribution in [0.15, 0.2) is 18.2 Å².